The van der Waals surface area contributed by atoms with Gasteiger partial charge >= 0.3 is 0 Å². The molecule has 0 aliphatic carbocycles. The van der Waals surface area contributed by atoms with Crippen LogP contribution in [0.15, 0.2) is 18.2 Å². The first kappa shape index (κ1) is 18.5. The number of alkyl halides is 1. The molecule has 3 heteroatoms. The lowest BCUT2D eigenvalue weighted by Crippen LogP contribution is -2.39. The molecule has 128 valence electrons. The van der Waals surface area contributed by atoms with Gasteiger partial charge in [0.2, 0.25) is 5.91 Å². The second-order valence-corrected chi connectivity index (χ2v) is 8.12. The first-order valence-electron chi connectivity index (χ1n) is 9.10. The maximum Gasteiger partial charge on any atom is 0.230 e. The Morgan fingerprint density at radius 2 is 2.00 bits per heavy atom. The van der Waals surface area contributed by atoms with E-state index in [2.05, 4.69) is 66.7 Å². The summed E-state index contributed by atoms with van der Waals surface area (Å²) in [7, 11) is 0. The van der Waals surface area contributed by atoms with Gasteiger partial charge in [-0.15, -0.1) is 0 Å². The number of fused-ring (bicyclic) bond motifs is 1. The van der Waals surface area contributed by atoms with Gasteiger partial charge in [0.1, 0.15) is 0 Å². The third kappa shape index (κ3) is 4.17. The van der Waals surface area contributed by atoms with E-state index in [1.807, 2.05) is 0 Å². The third-order valence-corrected chi connectivity index (χ3v) is 5.77. The van der Waals surface area contributed by atoms with Crippen LogP contribution in [0, 0.1) is 5.92 Å². The van der Waals surface area contributed by atoms with Crippen LogP contribution in [0.4, 0.5) is 5.69 Å². The van der Waals surface area contributed by atoms with Gasteiger partial charge in [-0.2, -0.15) is 0 Å². The minimum Gasteiger partial charge on any atom is -0.309 e. The van der Waals surface area contributed by atoms with Crippen molar-refractivity contribution in [2.45, 2.75) is 77.1 Å². The molecule has 0 N–H and O–H groups in total. The van der Waals surface area contributed by atoms with Crippen molar-refractivity contribution in [2.75, 3.05) is 4.90 Å². The molecule has 0 saturated heterocycles. The summed E-state index contributed by atoms with van der Waals surface area (Å²) in [6.45, 7) is 8.62. The zero-order valence-electron chi connectivity index (χ0n) is 14.9. The van der Waals surface area contributed by atoms with Gasteiger partial charge < -0.3 is 4.90 Å². The van der Waals surface area contributed by atoms with Crippen LogP contribution in [0.3, 0.4) is 0 Å². The van der Waals surface area contributed by atoms with Crippen LogP contribution >= 0.6 is 15.9 Å². The Kier molecular flexibility index (Phi) is 6.70. The summed E-state index contributed by atoms with van der Waals surface area (Å²) in [5, 5.41) is 0. The van der Waals surface area contributed by atoms with Crippen molar-refractivity contribution in [3.05, 3.63) is 29.3 Å². The zero-order chi connectivity index (χ0) is 17.0. The van der Waals surface area contributed by atoms with Gasteiger partial charge in [0.05, 0.1) is 0 Å². The number of rotatable bonds is 7. The van der Waals surface area contributed by atoms with E-state index in [1.165, 1.54) is 24.0 Å². The lowest BCUT2D eigenvalue weighted by molar-refractivity contribution is -0.122. The highest BCUT2D eigenvalue weighted by Gasteiger charge is 2.33. The number of halogens is 1. The Balaban J connectivity index is 2.19. The van der Waals surface area contributed by atoms with Gasteiger partial charge in [-0.05, 0) is 56.2 Å². The van der Waals surface area contributed by atoms with E-state index in [9.17, 15) is 4.79 Å². The predicted molar refractivity (Wildman–Crippen MR) is 102 cm³/mol. The van der Waals surface area contributed by atoms with Gasteiger partial charge in [0.25, 0.3) is 0 Å². The molecule has 0 bridgehead atoms. The Morgan fingerprint density at radius 1 is 1.30 bits per heavy atom. The molecule has 1 heterocycles. The Bertz CT molecular complexity index is 538. The summed E-state index contributed by atoms with van der Waals surface area (Å²) in [6.07, 6.45) is 6.30. The van der Waals surface area contributed by atoms with E-state index in [0.29, 0.717) is 10.7 Å². The van der Waals surface area contributed by atoms with Crippen molar-refractivity contribution in [3.63, 3.8) is 0 Å². The van der Waals surface area contributed by atoms with Gasteiger partial charge in [-0.25, -0.2) is 0 Å². The summed E-state index contributed by atoms with van der Waals surface area (Å²) in [5.41, 5.74) is 3.85. The number of nitrogens with zero attached hydrogens (tertiary/aromatic N) is 1. The number of anilines is 1. The fourth-order valence-electron chi connectivity index (χ4n) is 3.65. The van der Waals surface area contributed by atoms with Gasteiger partial charge in [-0.1, -0.05) is 55.3 Å². The average molecular weight is 380 g/mol. The molecular formula is C20H30BrNO. The molecule has 1 aliphatic rings. The second kappa shape index (κ2) is 8.32. The molecule has 2 rings (SSSR count). The summed E-state index contributed by atoms with van der Waals surface area (Å²) in [5.74, 6) is 0.456. The smallest absolute Gasteiger partial charge is 0.230 e. The molecule has 23 heavy (non-hydrogen) atoms. The summed E-state index contributed by atoms with van der Waals surface area (Å²) in [6, 6.07) is 6.97. The van der Waals surface area contributed by atoms with Crippen LogP contribution in [-0.2, 0) is 17.6 Å². The van der Waals surface area contributed by atoms with Crippen molar-refractivity contribution >= 4 is 27.5 Å². The number of hydrogen-bond donors (Lipinski definition) is 0. The molecule has 1 aromatic rings. The standard InChI is InChI=1S/C20H30BrNO/c1-5-8-18(21)13-15-9-10-19-17(12-15)11-14(4)22(19)20(23)16(6-2)7-3/h9-10,12,14,16,18H,5-8,11,13H2,1-4H3. The van der Waals surface area contributed by atoms with Gasteiger partial charge in [0, 0.05) is 22.5 Å². The maximum atomic E-state index is 12.8. The lowest BCUT2D eigenvalue weighted by Gasteiger charge is -2.27. The normalized spacial score (nSPS) is 18.3. The van der Waals surface area contributed by atoms with Gasteiger partial charge in [-0.3, -0.25) is 4.79 Å². The zero-order valence-corrected chi connectivity index (χ0v) is 16.5. The van der Waals surface area contributed by atoms with E-state index < -0.39 is 0 Å². The second-order valence-electron chi connectivity index (χ2n) is 6.83. The fourth-order valence-corrected chi connectivity index (χ4v) is 4.48. The SMILES string of the molecule is CCCC(Br)Cc1ccc2c(c1)CC(C)N2C(=O)C(CC)CC. The van der Waals surface area contributed by atoms with E-state index in [4.69, 9.17) is 0 Å². The van der Waals surface area contributed by atoms with Crippen LogP contribution in [0.25, 0.3) is 0 Å². The molecule has 1 amide bonds. The molecule has 0 aromatic heterocycles. The molecule has 0 saturated carbocycles. The van der Waals surface area contributed by atoms with E-state index in [0.717, 1.165) is 31.4 Å². The Hall–Kier alpha value is -0.830. The van der Waals surface area contributed by atoms with Crippen LogP contribution in [0.5, 0.6) is 0 Å². The van der Waals surface area contributed by atoms with Crippen molar-refractivity contribution in [2.24, 2.45) is 5.92 Å². The minimum atomic E-state index is 0.152. The monoisotopic (exact) mass is 379 g/mol. The van der Waals surface area contributed by atoms with Gasteiger partial charge in [0.15, 0.2) is 0 Å². The molecule has 2 nitrogen and oxygen atoms in total. The van der Waals surface area contributed by atoms with E-state index in [1.54, 1.807) is 0 Å². The number of hydrogen-bond acceptors (Lipinski definition) is 1. The van der Waals surface area contributed by atoms with E-state index in [-0.39, 0.29) is 12.0 Å². The molecule has 0 radical (unpaired) electrons. The van der Waals surface area contributed by atoms with Crippen LogP contribution < -0.4 is 4.90 Å². The summed E-state index contributed by atoms with van der Waals surface area (Å²) < 4.78 is 0. The largest absolute Gasteiger partial charge is 0.309 e. The number of carbonyl (C=O) groups excluding carboxylic acids is 1. The number of benzene rings is 1. The molecule has 1 aromatic carbocycles. The molecule has 1 aliphatic heterocycles. The molecule has 2 atom stereocenters. The summed E-state index contributed by atoms with van der Waals surface area (Å²) >= 11 is 3.78. The van der Waals surface area contributed by atoms with Crippen molar-refractivity contribution < 1.29 is 4.79 Å². The topological polar surface area (TPSA) is 20.3 Å². The highest BCUT2D eigenvalue weighted by molar-refractivity contribution is 9.09. The number of amides is 1. The van der Waals surface area contributed by atoms with Crippen LogP contribution in [0.1, 0.15) is 64.5 Å². The van der Waals surface area contributed by atoms with Crippen molar-refractivity contribution in [1.82, 2.24) is 0 Å². The minimum absolute atomic E-state index is 0.152. The number of carbonyl (C=O) groups is 1. The molecular weight excluding hydrogens is 350 g/mol. The first-order valence-corrected chi connectivity index (χ1v) is 10.0. The Morgan fingerprint density at radius 3 is 2.61 bits per heavy atom. The maximum absolute atomic E-state index is 12.8. The molecule has 0 spiro atoms. The first-order chi connectivity index (χ1) is 11.0. The quantitative estimate of drug-likeness (QED) is 0.572. The van der Waals surface area contributed by atoms with Crippen molar-refractivity contribution in [3.8, 4) is 0 Å². The Labute approximate surface area is 149 Å². The third-order valence-electron chi connectivity index (χ3n) is 4.99. The average Bonchev–Trinajstić information content (AvgIpc) is 2.83. The molecule has 2 unspecified atom stereocenters. The highest BCUT2D eigenvalue weighted by Crippen LogP contribution is 2.35. The van der Waals surface area contributed by atoms with Crippen LogP contribution in [0.2, 0.25) is 0 Å². The predicted octanol–water partition coefficient (Wildman–Crippen LogP) is 5.51. The fraction of sp³-hybridized carbons (Fsp3) is 0.650. The summed E-state index contributed by atoms with van der Waals surface area (Å²) in [4.78, 5) is 15.4. The highest BCUT2D eigenvalue weighted by atomic mass is 79.9. The lowest BCUT2D eigenvalue weighted by atomic mass is 10.0. The van der Waals surface area contributed by atoms with Crippen LogP contribution in [-0.4, -0.2) is 16.8 Å². The molecule has 0 fully saturated rings. The van der Waals surface area contributed by atoms with E-state index >= 15 is 0 Å². The van der Waals surface area contributed by atoms with Crippen molar-refractivity contribution in [1.29, 1.82) is 0 Å².